The molecule has 0 aromatic heterocycles. The number of hydrogen-bond acceptors (Lipinski definition) is 1. The molecule has 1 N–H and O–H groups in total. The molecule has 1 unspecified atom stereocenters. The summed E-state index contributed by atoms with van der Waals surface area (Å²) in [6.07, 6.45) is 0. The molecule has 0 saturated carbocycles. The normalized spacial score (nSPS) is 12.0. The lowest BCUT2D eigenvalue weighted by Gasteiger charge is -2.15. The topological polar surface area (TPSA) is 29.1 Å². The fraction of sp³-hybridized carbons (Fsp3) is 0.133. The van der Waals surface area contributed by atoms with Crippen LogP contribution in [0.5, 0.6) is 0 Å². The Hall–Kier alpha value is -2.37. The molecule has 2 rings (SSSR count). The second-order valence-electron chi connectivity index (χ2n) is 4.47. The van der Waals surface area contributed by atoms with Crippen molar-refractivity contribution in [3.05, 3.63) is 70.8 Å². The molecule has 0 fully saturated rings. The highest BCUT2D eigenvalue weighted by Crippen LogP contribution is 2.18. The Balaban J connectivity index is 2.21. The van der Waals surface area contributed by atoms with Crippen LogP contribution in [0.2, 0.25) is 0 Å². The highest BCUT2D eigenvalue weighted by atomic mass is 19.2. The zero-order valence-corrected chi connectivity index (χ0v) is 11.0. The molecule has 21 heavy (non-hydrogen) atoms. The maximum atomic E-state index is 13.5. The van der Waals surface area contributed by atoms with Crippen LogP contribution in [0.3, 0.4) is 0 Å². The van der Waals surface area contributed by atoms with Gasteiger partial charge in [0.25, 0.3) is 5.91 Å². The summed E-state index contributed by atoms with van der Waals surface area (Å²) in [5.41, 5.74) is -0.439. The second-order valence-corrected chi connectivity index (χ2v) is 4.47. The zero-order chi connectivity index (χ0) is 15.6. The summed E-state index contributed by atoms with van der Waals surface area (Å²) < 4.78 is 52.9. The van der Waals surface area contributed by atoms with Crippen LogP contribution in [0.1, 0.15) is 28.9 Å². The van der Waals surface area contributed by atoms with E-state index in [-0.39, 0.29) is 5.56 Å². The minimum Gasteiger partial charge on any atom is -0.345 e. The van der Waals surface area contributed by atoms with Gasteiger partial charge in [-0.1, -0.05) is 12.1 Å². The number of amides is 1. The van der Waals surface area contributed by atoms with Crippen LogP contribution >= 0.6 is 0 Å². The van der Waals surface area contributed by atoms with Gasteiger partial charge in [-0.25, -0.2) is 17.6 Å². The number of carbonyl (C=O) groups is 1. The highest BCUT2D eigenvalue weighted by Gasteiger charge is 2.19. The maximum Gasteiger partial charge on any atom is 0.257 e. The monoisotopic (exact) mass is 297 g/mol. The molecule has 0 aliphatic heterocycles. The van der Waals surface area contributed by atoms with Crippen molar-refractivity contribution in [1.82, 2.24) is 5.32 Å². The Morgan fingerprint density at radius 2 is 1.57 bits per heavy atom. The molecule has 2 aromatic carbocycles. The van der Waals surface area contributed by atoms with E-state index in [9.17, 15) is 22.4 Å². The molecule has 0 saturated heterocycles. The summed E-state index contributed by atoms with van der Waals surface area (Å²) >= 11 is 0. The molecule has 0 aliphatic carbocycles. The molecule has 2 aromatic rings. The van der Waals surface area contributed by atoms with Crippen LogP contribution in [0.4, 0.5) is 17.6 Å². The predicted octanol–water partition coefficient (Wildman–Crippen LogP) is 3.73. The third kappa shape index (κ3) is 3.21. The van der Waals surface area contributed by atoms with E-state index >= 15 is 0 Å². The summed E-state index contributed by atoms with van der Waals surface area (Å²) in [7, 11) is 0. The molecule has 6 heteroatoms. The number of benzene rings is 2. The van der Waals surface area contributed by atoms with Gasteiger partial charge >= 0.3 is 0 Å². The Morgan fingerprint density at radius 3 is 2.14 bits per heavy atom. The van der Waals surface area contributed by atoms with E-state index in [1.54, 1.807) is 0 Å². The Labute approximate surface area is 118 Å². The van der Waals surface area contributed by atoms with Gasteiger partial charge in [0.15, 0.2) is 11.6 Å². The van der Waals surface area contributed by atoms with Gasteiger partial charge in [-0.15, -0.1) is 0 Å². The summed E-state index contributed by atoms with van der Waals surface area (Å²) in [4.78, 5) is 11.9. The van der Waals surface area contributed by atoms with E-state index in [1.807, 2.05) is 0 Å². The molecule has 0 radical (unpaired) electrons. The fourth-order valence-electron chi connectivity index (χ4n) is 1.85. The largest absolute Gasteiger partial charge is 0.345 e. The quantitative estimate of drug-likeness (QED) is 0.859. The summed E-state index contributed by atoms with van der Waals surface area (Å²) in [5, 5.41) is 2.33. The number of halogens is 4. The minimum atomic E-state index is -1.06. The first kappa shape index (κ1) is 15.0. The van der Waals surface area contributed by atoms with E-state index in [2.05, 4.69) is 5.32 Å². The van der Waals surface area contributed by atoms with Crippen molar-refractivity contribution in [3.63, 3.8) is 0 Å². The Morgan fingerprint density at radius 1 is 0.952 bits per heavy atom. The molecular formula is C15H11F4NO. The van der Waals surface area contributed by atoms with Crippen LogP contribution < -0.4 is 5.32 Å². The number of rotatable bonds is 3. The number of hydrogen-bond donors (Lipinski definition) is 1. The van der Waals surface area contributed by atoms with Crippen molar-refractivity contribution in [2.75, 3.05) is 0 Å². The van der Waals surface area contributed by atoms with Crippen LogP contribution in [-0.4, -0.2) is 5.91 Å². The van der Waals surface area contributed by atoms with Gasteiger partial charge in [0.1, 0.15) is 17.2 Å². The van der Waals surface area contributed by atoms with Gasteiger partial charge in [-0.3, -0.25) is 4.79 Å². The molecule has 2 nitrogen and oxygen atoms in total. The second kappa shape index (κ2) is 5.95. The van der Waals surface area contributed by atoms with Crippen molar-refractivity contribution in [2.24, 2.45) is 0 Å². The molecule has 0 heterocycles. The van der Waals surface area contributed by atoms with Crippen molar-refractivity contribution >= 4 is 5.91 Å². The first-order valence-corrected chi connectivity index (χ1v) is 6.10. The van der Waals surface area contributed by atoms with Gasteiger partial charge in [0.2, 0.25) is 0 Å². The first-order chi connectivity index (χ1) is 9.90. The van der Waals surface area contributed by atoms with Gasteiger partial charge in [0, 0.05) is 0 Å². The van der Waals surface area contributed by atoms with Crippen molar-refractivity contribution < 1.29 is 22.4 Å². The van der Waals surface area contributed by atoms with Gasteiger partial charge < -0.3 is 5.32 Å². The molecular weight excluding hydrogens is 286 g/mol. The molecule has 0 spiro atoms. The lowest BCUT2D eigenvalue weighted by atomic mass is 10.1. The lowest BCUT2D eigenvalue weighted by molar-refractivity contribution is 0.0931. The number of carbonyl (C=O) groups excluding carboxylic acids is 1. The van der Waals surface area contributed by atoms with Crippen molar-refractivity contribution in [3.8, 4) is 0 Å². The highest BCUT2D eigenvalue weighted by molar-refractivity contribution is 5.95. The van der Waals surface area contributed by atoms with E-state index < -0.39 is 40.8 Å². The van der Waals surface area contributed by atoms with E-state index in [0.717, 1.165) is 30.3 Å². The average molecular weight is 297 g/mol. The van der Waals surface area contributed by atoms with Gasteiger partial charge in [0.05, 0.1) is 6.04 Å². The van der Waals surface area contributed by atoms with E-state index in [4.69, 9.17) is 0 Å². The molecule has 0 aliphatic rings. The van der Waals surface area contributed by atoms with Crippen LogP contribution in [0.25, 0.3) is 0 Å². The van der Waals surface area contributed by atoms with Crippen LogP contribution in [0, 0.1) is 23.3 Å². The van der Waals surface area contributed by atoms with Gasteiger partial charge in [-0.2, -0.15) is 0 Å². The maximum absolute atomic E-state index is 13.5. The van der Waals surface area contributed by atoms with E-state index in [0.29, 0.717) is 0 Å². The lowest BCUT2D eigenvalue weighted by Crippen LogP contribution is -2.28. The summed E-state index contributed by atoms with van der Waals surface area (Å²) in [6.45, 7) is 1.49. The van der Waals surface area contributed by atoms with Crippen molar-refractivity contribution in [1.29, 1.82) is 0 Å². The smallest absolute Gasteiger partial charge is 0.257 e. The predicted molar refractivity (Wildman–Crippen MR) is 68.6 cm³/mol. The number of nitrogens with one attached hydrogen (secondary N) is 1. The third-order valence-electron chi connectivity index (χ3n) is 2.98. The van der Waals surface area contributed by atoms with E-state index in [1.165, 1.54) is 13.0 Å². The SMILES string of the molecule is CC(NC(=O)c1c(F)cccc1F)c1ccc(F)c(F)c1. The minimum absolute atomic E-state index is 0.277. The standard InChI is InChI=1S/C15H11F4NO/c1-8(9-5-6-10(16)13(19)7-9)20-15(21)14-11(17)3-2-4-12(14)18/h2-8H,1H3,(H,20,21). The zero-order valence-electron chi connectivity index (χ0n) is 11.0. The molecule has 110 valence electrons. The Kier molecular flexibility index (Phi) is 4.26. The molecule has 1 amide bonds. The summed E-state index contributed by atoms with van der Waals surface area (Å²) in [5.74, 6) is -5.04. The van der Waals surface area contributed by atoms with Crippen LogP contribution in [0.15, 0.2) is 36.4 Å². The molecule has 1 atom stereocenters. The van der Waals surface area contributed by atoms with Crippen molar-refractivity contribution in [2.45, 2.75) is 13.0 Å². The fourth-order valence-corrected chi connectivity index (χ4v) is 1.85. The average Bonchev–Trinajstić information content (AvgIpc) is 2.41. The van der Waals surface area contributed by atoms with Gasteiger partial charge in [-0.05, 0) is 36.8 Å². The third-order valence-corrected chi connectivity index (χ3v) is 2.98. The van der Waals surface area contributed by atoms with Crippen LogP contribution in [-0.2, 0) is 0 Å². The Bertz CT molecular complexity index is 667. The molecule has 0 bridgehead atoms. The summed E-state index contributed by atoms with van der Waals surface area (Å²) in [6, 6.07) is 5.42. The first-order valence-electron chi connectivity index (χ1n) is 6.10.